The molecule has 0 radical (unpaired) electrons. The molecule has 1 aromatic rings. The Morgan fingerprint density at radius 3 is 2.10 bits per heavy atom. The number of anilines is 1. The molecule has 0 bridgehead atoms. The van der Waals surface area contributed by atoms with E-state index in [9.17, 15) is 14.4 Å². The maximum Gasteiger partial charge on any atom is 0.346 e. The van der Waals surface area contributed by atoms with Gasteiger partial charge in [0.05, 0.1) is 34.5 Å². The van der Waals surface area contributed by atoms with Crippen molar-refractivity contribution in [2.24, 2.45) is 0 Å². The highest BCUT2D eigenvalue weighted by molar-refractivity contribution is 8.29. The van der Waals surface area contributed by atoms with Crippen LogP contribution in [-0.4, -0.2) is 42.5 Å². The van der Waals surface area contributed by atoms with Gasteiger partial charge in [0.15, 0.2) is 0 Å². The van der Waals surface area contributed by atoms with Crippen LogP contribution < -0.4 is 4.90 Å². The molecule has 3 rings (SSSR count). The van der Waals surface area contributed by atoms with Crippen molar-refractivity contribution < 1.29 is 23.9 Å². The van der Waals surface area contributed by atoms with Crippen LogP contribution in [-0.2, 0) is 23.9 Å². The summed E-state index contributed by atoms with van der Waals surface area (Å²) in [6.45, 7) is 7.32. The van der Waals surface area contributed by atoms with Crippen molar-refractivity contribution in [1.29, 1.82) is 0 Å². The zero-order valence-corrected chi connectivity index (χ0v) is 19.3. The molecule has 156 valence electrons. The third-order valence-electron chi connectivity index (χ3n) is 4.69. The van der Waals surface area contributed by atoms with Crippen molar-refractivity contribution >= 4 is 69.7 Å². The molecule has 0 fully saturated rings. The minimum absolute atomic E-state index is 0.152. The Bertz CT molecular complexity index is 1020. The summed E-state index contributed by atoms with van der Waals surface area (Å²) in [5, 5.41) is 0. The maximum absolute atomic E-state index is 12.7. The summed E-state index contributed by atoms with van der Waals surface area (Å²) in [7, 11) is 2.51. The molecule has 0 unspecified atom stereocenters. The number of thioether (sulfide) groups is 2. The molecule has 0 saturated carbocycles. The number of amides is 1. The molecule has 0 spiro atoms. The highest BCUT2D eigenvalue weighted by Gasteiger charge is 2.45. The van der Waals surface area contributed by atoms with Crippen molar-refractivity contribution in [3.05, 3.63) is 56.5 Å². The van der Waals surface area contributed by atoms with Crippen LogP contribution in [0.25, 0.3) is 5.57 Å². The molecule has 1 aromatic carbocycles. The number of hydrogen-bond donors (Lipinski definition) is 0. The van der Waals surface area contributed by atoms with Crippen molar-refractivity contribution in [1.82, 2.24) is 0 Å². The molecule has 1 amide bonds. The fourth-order valence-corrected chi connectivity index (χ4v) is 6.29. The summed E-state index contributed by atoms with van der Waals surface area (Å²) in [6, 6.07) is 7.37. The summed E-state index contributed by atoms with van der Waals surface area (Å²) in [4.78, 5) is 39.6. The van der Waals surface area contributed by atoms with E-state index in [0.29, 0.717) is 20.4 Å². The summed E-state index contributed by atoms with van der Waals surface area (Å²) in [6.07, 6.45) is 1.25. The second-order valence-electron chi connectivity index (χ2n) is 6.79. The molecule has 2 aliphatic rings. The van der Waals surface area contributed by atoms with Crippen molar-refractivity contribution in [2.75, 3.05) is 19.1 Å². The number of esters is 2. The monoisotopic (exact) mass is 461 g/mol. The standard InChI is InChI=1S/C21H19NO5S3/c1-6-13(23)22-12-10-8-7-9-11(12)14(17(28)21(22,2)3)20-29-15(18(24)26-4)16(30-20)19(25)27-5/h6-10H,1H2,2-5H3. The maximum atomic E-state index is 12.7. The lowest BCUT2D eigenvalue weighted by molar-refractivity contribution is -0.138. The fourth-order valence-electron chi connectivity index (χ4n) is 3.25. The molecule has 0 atom stereocenters. The van der Waals surface area contributed by atoms with Gasteiger partial charge in [-0.1, -0.05) is 60.5 Å². The van der Waals surface area contributed by atoms with Crippen LogP contribution in [0.3, 0.4) is 0 Å². The number of benzene rings is 1. The zero-order valence-electron chi connectivity index (χ0n) is 16.8. The highest BCUT2D eigenvalue weighted by Crippen LogP contribution is 2.56. The molecule has 2 aliphatic heterocycles. The quantitative estimate of drug-likeness (QED) is 0.379. The Balaban J connectivity index is 2.23. The Labute approximate surface area is 188 Å². The third kappa shape index (κ3) is 3.51. The normalized spacial score (nSPS) is 17.6. The number of methoxy groups -OCH3 is 2. The number of nitrogens with zero attached hydrogens (tertiary/aromatic N) is 1. The van der Waals surface area contributed by atoms with Gasteiger partial charge < -0.3 is 9.47 Å². The first-order chi connectivity index (χ1) is 14.2. The molecular weight excluding hydrogens is 442 g/mol. The molecule has 0 N–H and O–H groups in total. The summed E-state index contributed by atoms with van der Waals surface area (Å²) >= 11 is 8.06. The van der Waals surface area contributed by atoms with Crippen LogP contribution in [0, 0.1) is 0 Å². The van der Waals surface area contributed by atoms with Gasteiger partial charge in [-0.25, -0.2) is 9.59 Å². The van der Waals surface area contributed by atoms with E-state index in [2.05, 4.69) is 6.58 Å². The first kappa shape index (κ1) is 22.3. The number of ether oxygens (including phenoxy) is 2. The highest BCUT2D eigenvalue weighted by atomic mass is 32.2. The van der Waals surface area contributed by atoms with E-state index in [0.717, 1.165) is 29.1 Å². The van der Waals surface area contributed by atoms with Crippen molar-refractivity contribution in [3.63, 3.8) is 0 Å². The molecule has 9 heteroatoms. The lowest BCUT2D eigenvalue weighted by Gasteiger charge is -2.44. The van der Waals surface area contributed by atoms with Gasteiger partial charge in [0.1, 0.15) is 9.81 Å². The van der Waals surface area contributed by atoms with Gasteiger partial charge >= 0.3 is 11.9 Å². The second kappa shape index (κ2) is 8.41. The summed E-state index contributed by atoms with van der Waals surface area (Å²) in [5.74, 6) is -1.52. The third-order valence-corrected chi connectivity index (χ3v) is 7.95. The number of fused-ring (bicyclic) bond motifs is 1. The molecular formula is C21H19NO5S3. The van der Waals surface area contributed by atoms with E-state index < -0.39 is 17.5 Å². The molecule has 0 aliphatic carbocycles. The van der Waals surface area contributed by atoms with Gasteiger partial charge in [-0.05, 0) is 26.0 Å². The number of carbonyl (C=O) groups is 3. The number of para-hydroxylation sites is 1. The van der Waals surface area contributed by atoms with E-state index in [1.54, 1.807) is 4.90 Å². The lowest BCUT2D eigenvalue weighted by Crippen LogP contribution is -2.55. The number of thiocarbonyl (C=S) groups is 1. The van der Waals surface area contributed by atoms with Gasteiger partial charge in [-0.3, -0.25) is 9.69 Å². The van der Waals surface area contributed by atoms with E-state index >= 15 is 0 Å². The Kier molecular flexibility index (Phi) is 6.26. The Morgan fingerprint density at radius 1 is 1.07 bits per heavy atom. The first-order valence-electron chi connectivity index (χ1n) is 8.80. The number of carbonyl (C=O) groups excluding carboxylic acids is 3. The SMILES string of the molecule is C=CC(=O)N1c2ccccc2C(=C2SC(C(=O)OC)=C(C(=O)OC)S2)C(=S)C1(C)C. The topological polar surface area (TPSA) is 72.9 Å². The molecule has 0 aromatic heterocycles. The van der Waals surface area contributed by atoms with E-state index in [1.807, 2.05) is 38.1 Å². The van der Waals surface area contributed by atoms with Crippen LogP contribution >= 0.6 is 35.7 Å². The summed E-state index contributed by atoms with van der Waals surface area (Å²) in [5.41, 5.74) is 1.28. The smallest absolute Gasteiger partial charge is 0.346 e. The largest absolute Gasteiger partial charge is 0.465 e. The number of hydrogen-bond acceptors (Lipinski definition) is 8. The van der Waals surface area contributed by atoms with Gasteiger partial charge in [-0.15, -0.1) is 0 Å². The van der Waals surface area contributed by atoms with Crippen molar-refractivity contribution in [3.8, 4) is 0 Å². The first-order valence-corrected chi connectivity index (χ1v) is 10.8. The number of rotatable bonds is 3. The molecule has 6 nitrogen and oxygen atoms in total. The average Bonchev–Trinajstić information content (AvgIpc) is 3.18. The zero-order chi connectivity index (χ0) is 22.2. The van der Waals surface area contributed by atoms with E-state index in [4.69, 9.17) is 21.7 Å². The van der Waals surface area contributed by atoms with Crippen LogP contribution in [0.2, 0.25) is 0 Å². The average molecular weight is 462 g/mol. The van der Waals surface area contributed by atoms with E-state index in [-0.39, 0.29) is 15.7 Å². The van der Waals surface area contributed by atoms with Crippen LogP contribution in [0.4, 0.5) is 5.69 Å². The predicted molar refractivity (Wildman–Crippen MR) is 124 cm³/mol. The van der Waals surface area contributed by atoms with Gasteiger partial charge in [0.25, 0.3) is 5.91 Å². The fraction of sp³-hybridized carbons (Fsp3) is 0.238. The summed E-state index contributed by atoms with van der Waals surface area (Å²) < 4.78 is 10.3. The van der Waals surface area contributed by atoms with Crippen molar-refractivity contribution in [2.45, 2.75) is 19.4 Å². The van der Waals surface area contributed by atoms with Crippen LogP contribution in [0.15, 0.2) is 51.0 Å². The van der Waals surface area contributed by atoms with Gasteiger partial charge in [0.2, 0.25) is 0 Å². The molecule has 30 heavy (non-hydrogen) atoms. The lowest BCUT2D eigenvalue weighted by atomic mass is 9.83. The van der Waals surface area contributed by atoms with Gasteiger partial charge in [0, 0.05) is 11.1 Å². The molecule has 0 saturated heterocycles. The van der Waals surface area contributed by atoms with Gasteiger partial charge in [-0.2, -0.15) is 0 Å². The minimum atomic E-state index is -0.835. The predicted octanol–water partition coefficient (Wildman–Crippen LogP) is 4.07. The molecule has 2 heterocycles. The van der Waals surface area contributed by atoms with E-state index in [1.165, 1.54) is 20.3 Å². The Morgan fingerprint density at radius 2 is 1.60 bits per heavy atom. The second-order valence-corrected chi connectivity index (χ2v) is 9.50. The van der Waals surface area contributed by atoms with Crippen LogP contribution in [0.1, 0.15) is 19.4 Å². The van der Waals surface area contributed by atoms with Crippen LogP contribution in [0.5, 0.6) is 0 Å². The minimum Gasteiger partial charge on any atom is -0.465 e. The Hall–Kier alpha value is -2.36.